The van der Waals surface area contributed by atoms with Gasteiger partial charge in [-0.3, -0.25) is 0 Å². The van der Waals surface area contributed by atoms with Crippen molar-refractivity contribution < 1.29 is 0 Å². The maximum Gasteiger partial charge on any atom is 0.00889 e. The Morgan fingerprint density at radius 1 is 1.00 bits per heavy atom. The molecule has 0 aromatic heterocycles. The lowest BCUT2D eigenvalue weighted by Crippen LogP contribution is -2.27. The molecule has 0 amide bonds. The predicted molar refractivity (Wildman–Crippen MR) is 99.1 cm³/mol. The van der Waals surface area contributed by atoms with E-state index in [0.717, 1.165) is 12.5 Å². The van der Waals surface area contributed by atoms with Crippen molar-refractivity contribution in [1.82, 2.24) is 4.90 Å². The molecule has 0 aliphatic heterocycles. The number of hydrogen-bond acceptors (Lipinski definition) is 1. The molecule has 0 aliphatic rings. The van der Waals surface area contributed by atoms with Crippen molar-refractivity contribution in [3.8, 4) is 0 Å². The monoisotopic (exact) mass is 291 g/mol. The maximum atomic E-state index is 3.00. The summed E-state index contributed by atoms with van der Waals surface area (Å²) >= 11 is 0. The summed E-state index contributed by atoms with van der Waals surface area (Å²) in [5.74, 6) is 0. The number of rotatable bonds is 6. The van der Waals surface area contributed by atoms with Gasteiger partial charge in [-0.05, 0) is 45.8 Å². The minimum absolute atomic E-state index is 0.815. The SMILES string of the molecule is C=C.CCCC(CCC)N(C)C.CCc1cccc(C)c1. The predicted octanol–water partition coefficient (Wildman–Crippen LogP) is 5.88. The van der Waals surface area contributed by atoms with E-state index in [1.165, 1.54) is 36.8 Å². The Bertz CT molecular complexity index is 324. The number of aryl methyl sites for hydroxylation is 2. The van der Waals surface area contributed by atoms with Crippen LogP contribution in [-0.2, 0) is 6.42 Å². The summed E-state index contributed by atoms with van der Waals surface area (Å²) in [5, 5.41) is 0. The molecule has 1 heteroatoms. The van der Waals surface area contributed by atoms with Crippen LogP contribution in [0.3, 0.4) is 0 Å². The molecule has 1 aromatic carbocycles. The van der Waals surface area contributed by atoms with Crippen molar-refractivity contribution in [3.63, 3.8) is 0 Å². The van der Waals surface area contributed by atoms with Gasteiger partial charge in [0.1, 0.15) is 0 Å². The van der Waals surface area contributed by atoms with Gasteiger partial charge in [0.25, 0.3) is 0 Å². The van der Waals surface area contributed by atoms with Crippen molar-refractivity contribution in [2.24, 2.45) is 0 Å². The van der Waals surface area contributed by atoms with E-state index >= 15 is 0 Å². The zero-order valence-electron chi connectivity index (χ0n) is 15.3. The lowest BCUT2D eigenvalue weighted by molar-refractivity contribution is 0.261. The lowest BCUT2D eigenvalue weighted by atomic mass is 10.1. The Morgan fingerprint density at radius 3 is 1.81 bits per heavy atom. The average molecular weight is 292 g/mol. The average Bonchev–Trinajstić information content (AvgIpc) is 2.49. The molecule has 0 unspecified atom stereocenters. The third-order valence-electron chi connectivity index (χ3n) is 3.46. The fourth-order valence-electron chi connectivity index (χ4n) is 2.26. The first-order chi connectivity index (χ1) is 10.0. The molecule has 122 valence electrons. The molecular weight excluding hydrogens is 254 g/mol. The van der Waals surface area contributed by atoms with Crippen LogP contribution in [0.2, 0.25) is 0 Å². The largest absolute Gasteiger partial charge is 0.306 e. The van der Waals surface area contributed by atoms with Gasteiger partial charge in [0, 0.05) is 6.04 Å². The Balaban J connectivity index is 0. The van der Waals surface area contributed by atoms with Gasteiger partial charge >= 0.3 is 0 Å². The molecule has 1 aromatic rings. The Labute approximate surface area is 134 Å². The highest BCUT2D eigenvalue weighted by molar-refractivity contribution is 5.21. The minimum Gasteiger partial charge on any atom is -0.306 e. The van der Waals surface area contributed by atoms with E-state index in [1.54, 1.807) is 0 Å². The molecule has 0 fully saturated rings. The van der Waals surface area contributed by atoms with Crippen LogP contribution in [0.25, 0.3) is 0 Å². The standard InChI is InChI=1S/C9H21N.C9H12.C2H4/c1-5-7-9(8-6-2)10(3)4;1-3-9-6-4-5-8(2)7-9;1-2/h9H,5-8H2,1-4H3;4-7H,3H2,1-2H3;1-2H2. The van der Waals surface area contributed by atoms with Crippen LogP contribution in [0.4, 0.5) is 0 Å². The van der Waals surface area contributed by atoms with Gasteiger partial charge < -0.3 is 4.90 Å². The zero-order valence-corrected chi connectivity index (χ0v) is 15.3. The van der Waals surface area contributed by atoms with E-state index in [0.29, 0.717) is 0 Å². The van der Waals surface area contributed by atoms with Crippen LogP contribution >= 0.6 is 0 Å². The second kappa shape index (κ2) is 15.3. The molecule has 21 heavy (non-hydrogen) atoms. The van der Waals surface area contributed by atoms with Crippen LogP contribution in [0.5, 0.6) is 0 Å². The van der Waals surface area contributed by atoms with Crippen molar-refractivity contribution in [2.75, 3.05) is 14.1 Å². The molecular formula is C20H37N. The molecule has 0 spiro atoms. The number of hydrogen-bond donors (Lipinski definition) is 0. The molecule has 0 N–H and O–H groups in total. The third kappa shape index (κ3) is 12.4. The lowest BCUT2D eigenvalue weighted by Gasteiger charge is -2.22. The molecule has 0 saturated carbocycles. The van der Waals surface area contributed by atoms with E-state index < -0.39 is 0 Å². The first-order valence-corrected chi connectivity index (χ1v) is 8.27. The maximum absolute atomic E-state index is 3.00. The van der Waals surface area contributed by atoms with E-state index in [4.69, 9.17) is 0 Å². The van der Waals surface area contributed by atoms with Gasteiger partial charge in [-0.2, -0.15) is 0 Å². The van der Waals surface area contributed by atoms with Gasteiger partial charge in [0.15, 0.2) is 0 Å². The summed E-state index contributed by atoms with van der Waals surface area (Å²) < 4.78 is 0. The normalized spacial score (nSPS) is 9.71. The molecule has 1 nitrogen and oxygen atoms in total. The summed E-state index contributed by atoms with van der Waals surface area (Å²) in [6.45, 7) is 14.8. The summed E-state index contributed by atoms with van der Waals surface area (Å²) in [7, 11) is 4.35. The highest BCUT2D eigenvalue weighted by Crippen LogP contribution is 2.09. The second-order valence-corrected chi connectivity index (χ2v) is 5.54. The third-order valence-corrected chi connectivity index (χ3v) is 3.46. The molecule has 0 aliphatic carbocycles. The Kier molecular flexibility index (Phi) is 16.2. The molecule has 1 rings (SSSR count). The van der Waals surface area contributed by atoms with Gasteiger partial charge in [-0.15, -0.1) is 13.2 Å². The Morgan fingerprint density at radius 2 is 1.52 bits per heavy atom. The van der Waals surface area contributed by atoms with Gasteiger partial charge in [-0.25, -0.2) is 0 Å². The van der Waals surface area contributed by atoms with Crippen LogP contribution in [0, 0.1) is 6.92 Å². The fourth-order valence-corrected chi connectivity index (χ4v) is 2.26. The highest BCUT2D eigenvalue weighted by Gasteiger charge is 2.07. The fraction of sp³-hybridized carbons (Fsp3) is 0.600. The second-order valence-electron chi connectivity index (χ2n) is 5.54. The smallest absolute Gasteiger partial charge is 0.00889 e. The van der Waals surface area contributed by atoms with Crippen molar-refractivity contribution >= 4 is 0 Å². The van der Waals surface area contributed by atoms with Crippen molar-refractivity contribution in [3.05, 3.63) is 48.6 Å². The molecule has 0 saturated heterocycles. The molecule has 0 bridgehead atoms. The van der Waals surface area contributed by atoms with Crippen LogP contribution in [0.1, 0.15) is 57.6 Å². The number of nitrogens with zero attached hydrogens (tertiary/aromatic N) is 1. The minimum atomic E-state index is 0.815. The summed E-state index contributed by atoms with van der Waals surface area (Å²) in [6.07, 6.45) is 6.45. The highest BCUT2D eigenvalue weighted by atomic mass is 15.1. The topological polar surface area (TPSA) is 3.24 Å². The zero-order chi connectivity index (χ0) is 16.7. The van der Waals surface area contributed by atoms with Crippen molar-refractivity contribution in [1.29, 1.82) is 0 Å². The summed E-state index contributed by atoms with van der Waals surface area (Å²) in [4.78, 5) is 2.34. The van der Waals surface area contributed by atoms with Crippen molar-refractivity contribution in [2.45, 2.75) is 65.8 Å². The van der Waals surface area contributed by atoms with Crippen LogP contribution in [0.15, 0.2) is 37.4 Å². The summed E-state index contributed by atoms with van der Waals surface area (Å²) in [5.41, 5.74) is 2.78. The van der Waals surface area contributed by atoms with Gasteiger partial charge in [0.2, 0.25) is 0 Å². The molecule has 0 heterocycles. The first-order valence-electron chi connectivity index (χ1n) is 8.27. The Hall–Kier alpha value is -1.08. The van der Waals surface area contributed by atoms with Gasteiger partial charge in [0.05, 0.1) is 0 Å². The number of benzene rings is 1. The van der Waals surface area contributed by atoms with E-state index in [1.807, 2.05) is 0 Å². The molecule has 0 atom stereocenters. The van der Waals surface area contributed by atoms with Crippen LogP contribution < -0.4 is 0 Å². The molecule has 0 radical (unpaired) electrons. The van der Waals surface area contributed by atoms with E-state index in [2.05, 4.69) is 84.1 Å². The van der Waals surface area contributed by atoms with Crippen LogP contribution in [-0.4, -0.2) is 25.0 Å². The van der Waals surface area contributed by atoms with E-state index in [9.17, 15) is 0 Å². The van der Waals surface area contributed by atoms with Gasteiger partial charge in [-0.1, -0.05) is 63.4 Å². The summed E-state index contributed by atoms with van der Waals surface area (Å²) in [6, 6.07) is 9.43. The first kappa shape index (κ1) is 22.2. The van der Waals surface area contributed by atoms with E-state index in [-0.39, 0.29) is 0 Å². The quantitative estimate of drug-likeness (QED) is 0.592.